The molecule has 2 aromatic rings. The fourth-order valence-corrected chi connectivity index (χ4v) is 2.95. The standard InChI is InChI=1S/C19H18N4O4/c24-22(25)16-10-11-18(19(13-16)23(26)27)21-20-17-9-5-4-8-15(17)12-14-6-2-1-3-7-14/h1-3,6-7,10-13,21H,4-5,8-9H2/b15-12+,20-17-. The maximum absolute atomic E-state index is 11.2. The maximum Gasteiger partial charge on any atom is 0.301 e. The van der Waals surface area contributed by atoms with E-state index < -0.39 is 9.85 Å². The van der Waals surface area contributed by atoms with Gasteiger partial charge in [-0.15, -0.1) is 0 Å². The number of hydrazone groups is 1. The average Bonchev–Trinajstić information content (AvgIpc) is 2.68. The van der Waals surface area contributed by atoms with Crippen LogP contribution in [-0.4, -0.2) is 15.6 Å². The lowest BCUT2D eigenvalue weighted by Crippen LogP contribution is -2.11. The van der Waals surface area contributed by atoms with Crippen molar-refractivity contribution in [3.8, 4) is 0 Å². The minimum atomic E-state index is -0.662. The highest BCUT2D eigenvalue weighted by Crippen LogP contribution is 2.30. The maximum atomic E-state index is 11.2. The SMILES string of the molecule is O=[N+]([O-])c1ccc(N/N=C2/CCCC/C2=C\c2ccccc2)c([N+](=O)[O-])c1. The molecule has 0 aliphatic heterocycles. The zero-order valence-electron chi connectivity index (χ0n) is 14.5. The molecule has 0 bridgehead atoms. The van der Waals surface area contributed by atoms with Crippen molar-refractivity contribution >= 4 is 28.8 Å². The lowest BCUT2D eigenvalue weighted by atomic mass is 9.91. The number of hydrogen-bond donors (Lipinski definition) is 1. The lowest BCUT2D eigenvalue weighted by Gasteiger charge is -2.17. The second kappa shape index (κ2) is 8.22. The summed E-state index contributed by atoms with van der Waals surface area (Å²) in [6, 6.07) is 13.4. The van der Waals surface area contributed by atoms with E-state index in [1.807, 2.05) is 30.3 Å². The summed E-state index contributed by atoms with van der Waals surface area (Å²) in [5.74, 6) is 0. The van der Waals surface area contributed by atoms with Gasteiger partial charge in [-0.05, 0) is 49.0 Å². The predicted molar refractivity (Wildman–Crippen MR) is 104 cm³/mol. The molecular formula is C19H18N4O4. The summed E-state index contributed by atoms with van der Waals surface area (Å²) in [6.45, 7) is 0. The van der Waals surface area contributed by atoms with Crippen molar-refractivity contribution in [3.63, 3.8) is 0 Å². The van der Waals surface area contributed by atoms with Crippen molar-refractivity contribution in [2.45, 2.75) is 25.7 Å². The zero-order valence-corrected chi connectivity index (χ0v) is 14.5. The summed E-state index contributed by atoms with van der Waals surface area (Å²) >= 11 is 0. The number of nitro benzene ring substituents is 2. The largest absolute Gasteiger partial charge is 0.301 e. The number of nitrogens with one attached hydrogen (secondary N) is 1. The normalized spacial score (nSPS) is 17.0. The average molecular weight is 366 g/mol. The van der Waals surface area contributed by atoms with Gasteiger partial charge in [-0.1, -0.05) is 30.3 Å². The van der Waals surface area contributed by atoms with E-state index in [2.05, 4.69) is 16.6 Å². The number of hydrogen-bond acceptors (Lipinski definition) is 6. The summed E-state index contributed by atoms with van der Waals surface area (Å²) in [7, 11) is 0. The number of rotatable bonds is 5. The molecule has 0 aromatic heterocycles. The van der Waals surface area contributed by atoms with Crippen LogP contribution in [0.1, 0.15) is 31.2 Å². The van der Waals surface area contributed by atoms with Gasteiger partial charge in [0.1, 0.15) is 5.69 Å². The van der Waals surface area contributed by atoms with Gasteiger partial charge < -0.3 is 0 Å². The van der Waals surface area contributed by atoms with Crippen LogP contribution in [0.15, 0.2) is 59.2 Å². The Bertz CT molecular complexity index is 923. The lowest BCUT2D eigenvalue weighted by molar-refractivity contribution is -0.393. The predicted octanol–water partition coefficient (Wildman–Crippen LogP) is 4.93. The first-order valence-electron chi connectivity index (χ1n) is 8.56. The minimum absolute atomic E-state index is 0.128. The molecule has 27 heavy (non-hydrogen) atoms. The topological polar surface area (TPSA) is 111 Å². The third kappa shape index (κ3) is 4.55. The summed E-state index contributed by atoms with van der Waals surface area (Å²) in [6.07, 6.45) is 5.79. The number of allylic oxidation sites excluding steroid dienone is 1. The van der Waals surface area contributed by atoms with Gasteiger partial charge in [0.25, 0.3) is 5.69 Å². The molecule has 8 nitrogen and oxygen atoms in total. The Morgan fingerprint density at radius 1 is 0.963 bits per heavy atom. The molecule has 0 radical (unpaired) electrons. The Kier molecular flexibility index (Phi) is 5.55. The first-order chi connectivity index (χ1) is 13.0. The van der Waals surface area contributed by atoms with Gasteiger partial charge in [-0.25, -0.2) is 0 Å². The van der Waals surface area contributed by atoms with E-state index in [1.54, 1.807) is 0 Å². The number of nitrogens with zero attached hydrogens (tertiary/aromatic N) is 3. The molecule has 0 atom stereocenters. The Morgan fingerprint density at radius 3 is 2.41 bits per heavy atom. The van der Waals surface area contributed by atoms with Crippen LogP contribution in [0.2, 0.25) is 0 Å². The number of non-ortho nitro benzene ring substituents is 1. The highest BCUT2D eigenvalue weighted by atomic mass is 16.6. The molecule has 1 saturated carbocycles. The zero-order chi connectivity index (χ0) is 19.2. The highest BCUT2D eigenvalue weighted by Gasteiger charge is 2.20. The van der Waals surface area contributed by atoms with E-state index in [1.165, 1.54) is 12.1 Å². The van der Waals surface area contributed by atoms with E-state index in [9.17, 15) is 20.2 Å². The fourth-order valence-electron chi connectivity index (χ4n) is 2.95. The fraction of sp³-hybridized carbons (Fsp3) is 0.211. The first-order valence-corrected chi connectivity index (χ1v) is 8.56. The number of nitro groups is 2. The molecule has 1 N–H and O–H groups in total. The van der Waals surface area contributed by atoms with Gasteiger partial charge in [0.2, 0.25) is 0 Å². The van der Waals surface area contributed by atoms with E-state index in [4.69, 9.17) is 0 Å². The van der Waals surface area contributed by atoms with Crippen LogP contribution in [0.3, 0.4) is 0 Å². The minimum Gasteiger partial charge on any atom is -0.271 e. The molecule has 3 rings (SSSR count). The number of benzene rings is 2. The third-order valence-electron chi connectivity index (χ3n) is 4.32. The Morgan fingerprint density at radius 2 is 1.70 bits per heavy atom. The van der Waals surface area contributed by atoms with Crippen molar-refractivity contribution in [2.75, 3.05) is 5.43 Å². The van der Waals surface area contributed by atoms with Crippen molar-refractivity contribution < 1.29 is 9.85 Å². The molecule has 0 spiro atoms. The Balaban J connectivity index is 1.88. The first kappa shape index (κ1) is 18.2. The van der Waals surface area contributed by atoms with Crippen LogP contribution in [0, 0.1) is 20.2 Å². The van der Waals surface area contributed by atoms with Crippen LogP contribution in [0.5, 0.6) is 0 Å². The molecule has 1 aliphatic rings. The molecule has 0 saturated heterocycles. The third-order valence-corrected chi connectivity index (χ3v) is 4.32. The van der Waals surface area contributed by atoms with Crippen LogP contribution >= 0.6 is 0 Å². The van der Waals surface area contributed by atoms with Crippen molar-refractivity contribution in [1.82, 2.24) is 0 Å². The number of anilines is 1. The van der Waals surface area contributed by atoms with Gasteiger partial charge in [-0.3, -0.25) is 25.7 Å². The summed E-state index contributed by atoms with van der Waals surface area (Å²) in [4.78, 5) is 20.8. The Hall–Kier alpha value is -3.55. The molecule has 0 heterocycles. The summed E-state index contributed by atoms with van der Waals surface area (Å²) in [5.41, 5.74) is 5.15. The van der Waals surface area contributed by atoms with E-state index in [0.29, 0.717) is 0 Å². The molecule has 1 fully saturated rings. The molecule has 138 valence electrons. The van der Waals surface area contributed by atoms with E-state index in [-0.39, 0.29) is 17.1 Å². The summed E-state index contributed by atoms with van der Waals surface area (Å²) in [5, 5.41) is 26.4. The Labute approximate surface area is 155 Å². The molecular weight excluding hydrogens is 348 g/mol. The van der Waals surface area contributed by atoms with Crippen LogP contribution < -0.4 is 5.43 Å². The molecule has 0 unspecified atom stereocenters. The summed E-state index contributed by atoms with van der Waals surface area (Å²) < 4.78 is 0. The van der Waals surface area contributed by atoms with Crippen molar-refractivity contribution in [3.05, 3.63) is 79.9 Å². The molecule has 8 heteroatoms. The smallest absolute Gasteiger partial charge is 0.271 e. The van der Waals surface area contributed by atoms with E-state index >= 15 is 0 Å². The highest BCUT2D eigenvalue weighted by molar-refractivity contribution is 6.04. The van der Waals surface area contributed by atoms with Crippen LogP contribution in [0.4, 0.5) is 17.1 Å². The quantitative estimate of drug-likeness (QED) is 0.596. The van der Waals surface area contributed by atoms with Gasteiger partial charge in [0, 0.05) is 6.07 Å². The van der Waals surface area contributed by atoms with Crippen LogP contribution in [0.25, 0.3) is 6.08 Å². The molecule has 2 aromatic carbocycles. The molecule has 0 amide bonds. The van der Waals surface area contributed by atoms with E-state index in [0.717, 1.165) is 48.6 Å². The van der Waals surface area contributed by atoms with Crippen molar-refractivity contribution in [2.24, 2.45) is 5.10 Å². The second-order valence-electron chi connectivity index (χ2n) is 6.17. The van der Waals surface area contributed by atoms with Crippen molar-refractivity contribution in [1.29, 1.82) is 0 Å². The van der Waals surface area contributed by atoms with Gasteiger partial charge in [0.05, 0.1) is 21.6 Å². The van der Waals surface area contributed by atoms with Gasteiger partial charge in [0.15, 0.2) is 0 Å². The molecule has 1 aliphatic carbocycles. The van der Waals surface area contributed by atoms with Crippen LogP contribution in [-0.2, 0) is 0 Å². The monoisotopic (exact) mass is 366 g/mol. The second-order valence-corrected chi connectivity index (χ2v) is 6.17. The van der Waals surface area contributed by atoms with Gasteiger partial charge >= 0.3 is 5.69 Å². The van der Waals surface area contributed by atoms with Gasteiger partial charge in [-0.2, -0.15) is 5.10 Å².